The van der Waals surface area contributed by atoms with Gasteiger partial charge in [0, 0.05) is 44.9 Å². The van der Waals surface area contributed by atoms with E-state index >= 15 is 0 Å². The first-order valence-electron chi connectivity index (χ1n) is 25.4. The molecule has 360 valence electrons. The van der Waals surface area contributed by atoms with Gasteiger partial charge in [-0.3, -0.25) is 4.98 Å². The maximum atomic E-state index is 11.2. The molecule has 0 fully saturated rings. The highest BCUT2D eigenvalue weighted by molar-refractivity contribution is 6.14. The number of fused-ring (bicyclic) bond motifs is 3. The summed E-state index contributed by atoms with van der Waals surface area (Å²) in [4.78, 5) is 10.3. The van der Waals surface area contributed by atoms with Crippen LogP contribution < -0.4 is 0 Å². The summed E-state index contributed by atoms with van der Waals surface area (Å²) < 4.78 is 2.43. The van der Waals surface area contributed by atoms with E-state index in [0.717, 1.165) is 61.5 Å². The third kappa shape index (κ3) is 9.39. The van der Waals surface area contributed by atoms with Crippen LogP contribution in [0.4, 0.5) is 0 Å². The Morgan fingerprint density at radius 2 is 0.847 bits per heavy atom. The Morgan fingerprint density at radius 3 is 1.46 bits per heavy atom. The quantitative estimate of drug-likeness (QED) is 0.173. The molecule has 10 rings (SSSR count). The maximum absolute atomic E-state index is 11.2. The number of aromatic nitrogens is 3. The van der Waals surface area contributed by atoms with Crippen molar-refractivity contribution < 1.29 is 5.11 Å². The van der Waals surface area contributed by atoms with Crippen LogP contribution in [0.3, 0.4) is 0 Å². The van der Waals surface area contributed by atoms with Crippen molar-refractivity contribution in [3.63, 3.8) is 0 Å². The van der Waals surface area contributed by atoms with Gasteiger partial charge in [-0.2, -0.15) is 0 Å². The molecule has 0 aliphatic heterocycles. The van der Waals surface area contributed by atoms with Crippen molar-refractivity contribution in [2.24, 2.45) is 0 Å². The molecule has 1 N–H and O–H groups in total. The Balaban J connectivity index is 1.08. The van der Waals surface area contributed by atoms with E-state index in [9.17, 15) is 5.11 Å². The van der Waals surface area contributed by atoms with Crippen LogP contribution in [0.15, 0.2) is 182 Å². The van der Waals surface area contributed by atoms with Crippen LogP contribution in [0.5, 0.6) is 5.75 Å². The summed E-state index contributed by atoms with van der Waals surface area (Å²) in [5.74, 6) is 0.198. The van der Waals surface area contributed by atoms with E-state index in [-0.39, 0.29) is 27.4 Å². The predicted molar refractivity (Wildman–Crippen MR) is 305 cm³/mol. The molecule has 0 spiro atoms. The summed E-state index contributed by atoms with van der Waals surface area (Å²) in [6, 6.07) is 63.3. The molecule has 0 bridgehead atoms. The van der Waals surface area contributed by atoms with Crippen LogP contribution in [0.1, 0.15) is 105 Å². The second-order valence-corrected chi connectivity index (χ2v) is 23.9. The average molecular weight is 942 g/mol. The fourth-order valence-electron chi connectivity index (χ4n) is 9.91. The van der Waals surface area contributed by atoms with Gasteiger partial charge in [0.1, 0.15) is 5.75 Å². The van der Waals surface area contributed by atoms with E-state index in [0.29, 0.717) is 11.3 Å². The van der Waals surface area contributed by atoms with Gasteiger partial charge in [0.15, 0.2) is 0 Å². The fraction of sp³-hybridized carbons (Fsp3) is 0.235. The van der Waals surface area contributed by atoms with E-state index in [2.05, 4.69) is 239 Å². The summed E-state index contributed by atoms with van der Waals surface area (Å²) in [7, 11) is 0. The zero-order chi connectivity index (χ0) is 50.9. The van der Waals surface area contributed by atoms with Crippen molar-refractivity contribution in [2.75, 3.05) is 0 Å². The highest BCUT2D eigenvalue weighted by Gasteiger charge is 2.24. The fourth-order valence-corrected chi connectivity index (χ4v) is 9.91. The lowest BCUT2D eigenvalue weighted by molar-refractivity contribution is 0.477. The molecule has 10 aromatic rings. The largest absolute Gasteiger partial charge is 0.507 e. The number of rotatable bonds is 7. The second-order valence-electron chi connectivity index (χ2n) is 23.9. The molecule has 0 radical (unpaired) electrons. The van der Waals surface area contributed by atoms with Crippen LogP contribution in [0, 0.1) is 0 Å². The number of hydrogen-bond acceptors (Lipinski definition) is 3. The minimum Gasteiger partial charge on any atom is -0.507 e. The average Bonchev–Trinajstić information content (AvgIpc) is 3.70. The van der Waals surface area contributed by atoms with Crippen LogP contribution >= 0.6 is 0 Å². The van der Waals surface area contributed by atoms with Gasteiger partial charge < -0.3 is 9.67 Å². The third-order valence-electron chi connectivity index (χ3n) is 14.3. The molecular formula is C68H67N3O. The molecule has 0 amide bonds. The van der Waals surface area contributed by atoms with E-state index < -0.39 is 0 Å². The molecule has 7 aromatic carbocycles. The van der Waals surface area contributed by atoms with Crippen molar-refractivity contribution in [3.8, 4) is 78.6 Å². The Kier molecular flexibility index (Phi) is 12.0. The van der Waals surface area contributed by atoms with Gasteiger partial charge in [0.25, 0.3) is 0 Å². The van der Waals surface area contributed by atoms with E-state index in [1.54, 1.807) is 6.07 Å². The highest BCUT2D eigenvalue weighted by Crippen LogP contribution is 2.42. The zero-order valence-electron chi connectivity index (χ0n) is 44.1. The Bertz CT molecular complexity index is 3610. The molecule has 4 heteroatoms. The molecule has 0 aliphatic carbocycles. The van der Waals surface area contributed by atoms with E-state index in [1.165, 1.54) is 44.2 Å². The predicted octanol–water partition coefficient (Wildman–Crippen LogP) is 18.5. The van der Waals surface area contributed by atoms with Crippen molar-refractivity contribution in [1.82, 2.24) is 14.5 Å². The molecule has 0 saturated heterocycles. The molecule has 0 unspecified atom stereocenters. The van der Waals surface area contributed by atoms with Crippen LogP contribution in [0.2, 0.25) is 0 Å². The van der Waals surface area contributed by atoms with Crippen LogP contribution in [0.25, 0.3) is 94.6 Å². The molecule has 0 atom stereocenters. The molecule has 3 heterocycles. The summed E-state index contributed by atoms with van der Waals surface area (Å²) in [5.41, 5.74) is 20.5. The normalized spacial score (nSPS) is 12.5. The molecule has 3 aromatic heterocycles. The van der Waals surface area contributed by atoms with Gasteiger partial charge >= 0.3 is 0 Å². The van der Waals surface area contributed by atoms with E-state index in [4.69, 9.17) is 9.97 Å². The molecule has 0 aliphatic rings. The monoisotopic (exact) mass is 942 g/mol. The first-order valence-corrected chi connectivity index (χ1v) is 25.4. The molecular weight excluding hydrogens is 875 g/mol. The Morgan fingerprint density at radius 1 is 0.361 bits per heavy atom. The number of para-hydroxylation sites is 3. The first kappa shape index (κ1) is 48.1. The van der Waals surface area contributed by atoms with Gasteiger partial charge in [-0.25, -0.2) is 4.98 Å². The minimum atomic E-state index is -0.0491. The molecule has 72 heavy (non-hydrogen) atoms. The number of phenolic OH excluding ortho intramolecular Hbond substituents is 1. The lowest BCUT2D eigenvalue weighted by atomic mass is 9.79. The van der Waals surface area contributed by atoms with Gasteiger partial charge in [0.2, 0.25) is 0 Å². The number of hydrogen-bond donors (Lipinski definition) is 1. The Hall–Kier alpha value is -7.56. The van der Waals surface area contributed by atoms with E-state index in [1.807, 2.05) is 24.4 Å². The number of aromatic hydroxyl groups is 1. The first-order chi connectivity index (χ1) is 34.1. The third-order valence-corrected chi connectivity index (χ3v) is 14.3. The second kappa shape index (κ2) is 17.9. The van der Waals surface area contributed by atoms with Crippen LogP contribution in [-0.2, 0) is 21.7 Å². The van der Waals surface area contributed by atoms with Crippen molar-refractivity contribution >= 4 is 21.8 Å². The molecule has 4 nitrogen and oxygen atoms in total. The number of nitrogens with zero attached hydrogens (tertiary/aromatic N) is 3. The molecule has 0 saturated carbocycles. The van der Waals surface area contributed by atoms with Gasteiger partial charge in [-0.1, -0.05) is 198 Å². The standard InChI is InChI=1S/C68H67N3O/c1-65(2,3)50-34-47(35-51(41-50)66(4,5)6)43-27-29-54(30-28-43)71-62-25-15-13-21-56(62)57-24-18-23-55(64(57)71)44-31-32-69-59(38-44)45-19-17-20-46(33-45)60-39-49(40-61(70-60)58-22-14-16-26-63(58)72)48-36-52(67(7,8)9)42-53(37-48)68(10,11)12/h13-42,72H,1-12H3. The minimum absolute atomic E-state index is 0.0306. The Labute approximate surface area is 427 Å². The summed E-state index contributed by atoms with van der Waals surface area (Å²) in [6.07, 6.45) is 1.93. The smallest absolute Gasteiger partial charge is 0.124 e. The van der Waals surface area contributed by atoms with Crippen LogP contribution in [-0.4, -0.2) is 19.6 Å². The van der Waals surface area contributed by atoms with Crippen molar-refractivity contribution in [3.05, 3.63) is 204 Å². The summed E-state index contributed by atoms with van der Waals surface area (Å²) >= 11 is 0. The van der Waals surface area contributed by atoms with Gasteiger partial charge in [-0.05, 0) is 132 Å². The summed E-state index contributed by atoms with van der Waals surface area (Å²) in [6.45, 7) is 27.4. The number of benzene rings is 7. The summed E-state index contributed by atoms with van der Waals surface area (Å²) in [5, 5.41) is 13.6. The van der Waals surface area contributed by atoms with Crippen molar-refractivity contribution in [1.29, 1.82) is 0 Å². The topological polar surface area (TPSA) is 50.9 Å². The van der Waals surface area contributed by atoms with Gasteiger partial charge in [0.05, 0.1) is 28.1 Å². The lowest BCUT2D eigenvalue weighted by Crippen LogP contribution is -2.16. The number of pyridine rings is 2. The SMILES string of the molecule is CC(C)(C)c1cc(-c2ccc(-n3c4ccccc4c4cccc(-c5ccnc(-c6cccc(-c7cc(-c8cc(C(C)(C)C)cc(C(C)(C)C)c8)cc(-c8ccccc8O)n7)c6)c5)c43)cc2)cc(C(C)(C)C)c1. The number of phenols is 1. The highest BCUT2D eigenvalue weighted by atomic mass is 16.3. The van der Waals surface area contributed by atoms with Crippen molar-refractivity contribution in [2.45, 2.75) is 105 Å². The zero-order valence-corrected chi connectivity index (χ0v) is 44.1. The lowest BCUT2D eigenvalue weighted by Gasteiger charge is -2.26. The van der Waals surface area contributed by atoms with Gasteiger partial charge in [-0.15, -0.1) is 0 Å². The maximum Gasteiger partial charge on any atom is 0.124 e.